The molecule has 6 N–H and O–H groups in total. The summed E-state index contributed by atoms with van der Waals surface area (Å²) in [5.41, 5.74) is 12.8. The highest BCUT2D eigenvalue weighted by atomic mass is 19.1. The van der Waals surface area contributed by atoms with Crippen molar-refractivity contribution in [2.45, 2.75) is 19.0 Å². The number of hydrogen-bond acceptors (Lipinski definition) is 7. The van der Waals surface area contributed by atoms with E-state index < -0.39 is 11.7 Å². The van der Waals surface area contributed by atoms with Gasteiger partial charge in [0, 0.05) is 30.4 Å². The molecule has 3 aromatic rings. The van der Waals surface area contributed by atoms with Crippen LogP contribution in [0.2, 0.25) is 0 Å². The number of primary amides is 1. The van der Waals surface area contributed by atoms with Gasteiger partial charge in [0.2, 0.25) is 0 Å². The van der Waals surface area contributed by atoms with E-state index in [1.807, 2.05) is 24.3 Å². The average Bonchev–Trinajstić information content (AvgIpc) is 2.69. The van der Waals surface area contributed by atoms with Gasteiger partial charge >= 0.3 is 0 Å². The molecule has 0 saturated carbocycles. The topological polar surface area (TPSA) is 128 Å². The number of carbonyl (C=O) groups excluding carboxylic acids is 1. The molecule has 0 aliphatic rings. The van der Waals surface area contributed by atoms with Crippen LogP contribution in [0.4, 0.5) is 21.7 Å². The number of hydrogen-bond donors (Lipinski definition) is 4. The standard InChI is InChI=1S/C20H23FN6O2/c1-11(22)17(10-29-2)26-20-15(21)9-14(18(23)28)19(27-20)25-13-5-6-16-12(8-13)4-3-7-24-16/h3-9,11,17H,10,22H2,1-2H3,(H2,23,28)(H2,25,26,27)/t11-,17+/m0/s1. The normalized spacial score (nSPS) is 13.1. The van der Waals surface area contributed by atoms with E-state index in [1.54, 1.807) is 19.2 Å². The average molecular weight is 398 g/mol. The minimum absolute atomic E-state index is 0.0562. The third kappa shape index (κ3) is 4.76. The summed E-state index contributed by atoms with van der Waals surface area (Å²) in [6, 6.07) is 9.55. The Balaban J connectivity index is 1.97. The number of methoxy groups -OCH3 is 1. The fourth-order valence-corrected chi connectivity index (χ4v) is 2.84. The minimum atomic E-state index is -0.798. The van der Waals surface area contributed by atoms with Crippen LogP contribution in [0.5, 0.6) is 0 Å². The van der Waals surface area contributed by atoms with Crippen LogP contribution in [-0.2, 0) is 4.74 Å². The molecule has 0 fully saturated rings. The molecule has 0 spiro atoms. The molecule has 0 unspecified atom stereocenters. The van der Waals surface area contributed by atoms with Crippen molar-refractivity contribution in [1.82, 2.24) is 9.97 Å². The van der Waals surface area contributed by atoms with Gasteiger partial charge in [-0.3, -0.25) is 9.78 Å². The van der Waals surface area contributed by atoms with Crippen LogP contribution in [0, 0.1) is 5.82 Å². The first kappa shape index (κ1) is 20.4. The molecule has 0 aliphatic heterocycles. The molecule has 2 aromatic heterocycles. The van der Waals surface area contributed by atoms with Crippen LogP contribution in [0.15, 0.2) is 42.6 Å². The van der Waals surface area contributed by atoms with Gasteiger partial charge in [0.05, 0.1) is 23.7 Å². The van der Waals surface area contributed by atoms with E-state index in [9.17, 15) is 9.18 Å². The molecule has 2 atom stereocenters. The summed E-state index contributed by atoms with van der Waals surface area (Å²) in [5.74, 6) is -1.44. The van der Waals surface area contributed by atoms with E-state index in [4.69, 9.17) is 16.2 Å². The van der Waals surface area contributed by atoms with E-state index in [0.29, 0.717) is 5.69 Å². The molecule has 1 aromatic carbocycles. The largest absolute Gasteiger partial charge is 0.382 e. The Morgan fingerprint density at radius 2 is 2.07 bits per heavy atom. The quantitative estimate of drug-likeness (QED) is 0.459. The van der Waals surface area contributed by atoms with Crippen LogP contribution >= 0.6 is 0 Å². The Bertz CT molecular complexity index is 1030. The van der Waals surface area contributed by atoms with Gasteiger partial charge in [-0.25, -0.2) is 9.37 Å². The summed E-state index contributed by atoms with van der Waals surface area (Å²) < 4.78 is 19.7. The fraction of sp³-hybridized carbons (Fsp3) is 0.250. The molecule has 1 amide bonds. The van der Waals surface area contributed by atoms with Gasteiger partial charge in [-0.2, -0.15) is 0 Å². The lowest BCUT2D eigenvalue weighted by molar-refractivity contribution is 0.100. The van der Waals surface area contributed by atoms with Gasteiger partial charge in [0.1, 0.15) is 5.82 Å². The van der Waals surface area contributed by atoms with Crippen LogP contribution in [-0.4, -0.2) is 41.7 Å². The van der Waals surface area contributed by atoms with Crippen LogP contribution in [0.1, 0.15) is 17.3 Å². The van der Waals surface area contributed by atoms with Crippen LogP contribution in [0.3, 0.4) is 0 Å². The number of nitrogens with two attached hydrogens (primary N) is 2. The Hall–Kier alpha value is -3.30. The van der Waals surface area contributed by atoms with Crippen molar-refractivity contribution in [3.05, 3.63) is 54.0 Å². The lowest BCUT2D eigenvalue weighted by atomic mass is 10.1. The number of amides is 1. The summed E-state index contributed by atoms with van der Waals surface area (Å²) in [5, 5.41) is 6.87. The number of carbonyl (C=O) groups is 1. The smallest absolute Gasteiger partial charge is 0.252 e. The van der Waals surface area contributed by atoms with Gasteiger partial charge < -0.3 is 26.8 Å². The number of halogens is 1. The maximum absolute atomic E-state index is 14.6. The van der Waals surface area contributed by atoms with Crippen molar-refractivity contribution in [3.8, 4) is 0 Å². The van der Waals surface area contributed by atoms with E-state index >= 15 is 0 Å². The first-order chi connectivity index (χ1) is 13.9. The summed E-state index contributed by atoms with van der Waals surface area (Å²) >= 11 is 0. The van der Waals surface area contributed by atoms with Gasteiger partial charge in [-0.05, 0) is 37.3 Å². The van der Waals surface area contributed by atoms with Crippen LogP contribution in [0.25, 0.3) is 10.9 Å². The van der Waals surface area contributed by atoms with Crippen molar-refractivity contribution in [3.63, 3.8) is 0 Å². The van der Waals surface area contributed by atoms with Crippen molar-refractivity contribution in [2.24, 2.45) is 11.5 Å². The number of ether oxygens (including phenoxy) is 1. The van der Waals surface area contributed by atoms with E-state index in [-0.39, 0.29) is 35.9 Å². The first-order valence-electron chi connectivity index (χ1n) is 9.02. The number of nitrogens with zero attached hydrogens (tertiary/aromatic N) is 2. The number of pyridine rings is 2. The molecule has 152 valence electrons. The Kier molecular flexibility index (Phi) is 6.20. The first-order valence-corrected chi connectivity index (χ1v) is 9.02. The Morgan fingerprint density at radius 3 is 2.76 bits per heavy atom. The summed E-state index contributed by atoms with van der Waals surface area (Å²) in [6.45, 7) is 2.03. The predicted molar refractivity (Wildman–Crippen MR) is 111 cm³/mol. The van der Waals surface area contributed by atoms with Gasteiger partial charge in [-0.1, -0.05) is 6.07 Å². The third-order valence-corrected chi connectivity index (χ3v) is 4.41. The van der Waals surface area contributed by atoms with Crippen molar-refractivity contribution in [1.29, 1.82) is 0 Å². The number of anilines is 3. The van der Waals surface area contributed by atoms with Crippen molar-refractivity contribution >= 4 is 34.1 Å². The highest BCUT2D eigenvalue weighted by Crippen LogP contribution is 2.26. The van der Waals surface area contributed by atoms with E-state index in [0.717, 1.165) is 17.0 Å². The molecule has 0 saturated heterocycles. The molecule has 3 rings (SSSR count). The SMILES string of the molecule is COC[C@@H](Nc1nc(Nc2ccc3ncccc3c2)c(C(N)=O)cc1F)[C@H](C)N. The van der Waals surface area contributed by atoms with Crippen LogP contribution < -0.4 is 22.1 Å². The van der Waals surface area contributed by atoms with Gasteiger partial charge in [0.25, 0.3) is 5.91 Å². The zero-order chi connectivity index (χ0) is 21.0. The second-order valence-electron chi connectivity index (χ2n) is 6.68. The Morgan fingerprint density at radius 1 is 1.28 bits per heavy atom. The van der Waals surface area contributed by atoms with Gasteiger partial charge in [-0.15, -0.1) is 0 Å². The summed E-state index contributed by atoms with van der Waals surface area (Å²) in [7, 11) is 1.53. The lowest BCUT2D eigenvalue weighted by Crippen LogP contribution is -2.41. The molecule has 29 heavy (non-hydrogen) atoms. The zero-order valence-electron chi connectivity index (χ0n) is 16.1. The molecule has 0 radical (unpaired) electrons. The molecule has 9 heteroatoms. The Labute approximate surface area is 167 Å². The highest BCUT2D eigenvalue weighted by Gasteiger charge is 2.20. The molecular weight excluding hydrogens is 375 g/mol. The summed E-state index contributed by atoms with van der Waals surface area (Å²) in [4.78, 5) is 20.3. The van der Waals surface area contributed by atoms with E-state index in [1.165, 1.54) is 7.11 Å². The number of benzene rings is 1. The molecule has 2 heterocycles. The van der Waals surface area contributed by atoms with Crippen molar-refractivity contribution < 1.29 is 13.9 Å². The second-order valence-corrected chi connectivity index (χ2v) is 6.68. The fourth-order valence-electron chi connectivity index (χ4n) is 2.84. The lowest BCUT2D eigenvalue weighted by Gasteiger charge is -2.23. The molecular formula is C20H23FN6O2. The minimum Gasteiger partial charge on any atom is -0.382 e. The third-order valence-electron chi connectivity index (χ3n) is 4.41. The second kappa shape index (κ2) is 8.80. The maximum Gasteiger partial charge on any atom is 0.252 e. The van der Waals surface area contributed by atoms with Crippen molar-refractivity contribution in [2.75, 3.05) is 24.4 Å². The number of fused-ring (bicyclic) bond motifs is 1. The zero-order valence-corrected chi connectivity index (χ0v) is 16.1. The number of nitrogens with one attached hydrogen (secondary N) is 2. The summed E-state index contributed by atoms with van der Waals surface area (Å²) in [6.07, 6.45) is 1.70. The van der Waals surface area contributed by atoms with Gasteiger partial charge in [0.15, 0.2) is 11.6 Å². The number of rotatable bonds is 8. The number of aromatic nitrogens is 2. The molecule has 0 bridgehead atoms. The maximum atomic E-state index is 14.6. The monoisotopic (exact) mass is 398 g/mol. The predicted octanol–water partition coefficient (Wildman–Crippen LogP) is 2.39. The highest BCUT2D eigenvalue weighted by molar-refractivity contribution is 5.99. The van der Waals surface area contributed by atoms with E-state index in [2.05, 4.69) is 20.6 Å². The molecule has 0 aliphatic carbocycles. The molecule has 8 nitrogen and oxygen atoms in total.